The zero-order valence-electron chi connectivity index (χ0n) is 15.4. The highest BCUT2D eigenvalue weighted by atomic mass is 32.2. The molecule has 0 spiro atoms. The van der Waals surface area contributed by atoms with Crippen molar-refractivity contribution < 1.29 is 31.1 Å². The zero-order valence-corrected chi connectivity index (χ0v) is 17.0. The summed E-state index contributed by atoms with van der Waals surface area (Å²) in [6.07, 6.45) is 2.83. The fourth-order valence-electron chi connectivity index (χ4n) is 3.01. The summed E-state index contributed by atoms with van der Waals surface area (Å²) in [7, 11) is -6.36. The van der Waals surface area contributed by atoms with Crippen molar-refractivity contribution >= 4 is 26.0 Å². The van der Waals surface area contributed by atoms with Crippen LogP contribution >= 0.6 is 0 Å². The number of aromatic nitrogens is 2. The number of halogens is 1. The van der Waals surface area contributed by atoms with Gasteiger partial charge in [-0.3, -0.25) is 4.68 Å². The van der Waals surface area contributed by atoms with Gasteiger partial charge in [-0.25, -0.2) is 26.0 Å². The summed E-state index contributed by atoms with van der Waals surface area (Å²) >= 11 is 0. The third kappa shape index (κ3) is 4.17. The SMILES string of the molecule is Cn1cc(S(=O)(=O)N2CCCN(S(=O)(=O)c3ccc(F)c(C(=O)O)c3)CC2)cn1. The Bertz CT molecular complexity index is 1150. The highest BCUT2D eigenvalue weighted by molar-refractivity contribution is 7.89. The van der Waals surface area contributed by atoms with Gasteiger partial charge in [0.2, 0.25) is 20.0 Å². The van der Waals surface area contributed by atoms with Gasteiger partial charge in [0.1, 0.15) is 10.7 Å². The number of hydrogen-bond acceptors (Lipinski definition) is 6. The number of sulfonamides is 2. The second kappa shape index (κ2) is 7.82. The molecule has 1 aromatic carbocycles. The van der Waals surface area contributed by atoms with Crippen LogP contribution in [-0.4, -0.2) is 72.5 Å². The van der Waals surface area contributed by atoms with Crippen LogP contribution in [0.2, 0.25) is 0 Å². The number of nitrogens with zero attached hydrogens (tertiary/aromatic N) is 4. The lowest BCUT2D eigenvalue weighted by molar-refractivity contribution is 0.0691. The van der Waals surface area contributed by atoms with Crippen LogP contribution in [0.1, 0.15) is 16.8 Å². The highest BCUT2D eigenvalue weighted by Gasteiger charge is 2.32. The summed E-state index contributed by atoms with van der Waals surface area (Å²) in [6.45, 7) is -0.0424. The van der Waals surface area contributed by atoms with E-state index < -0.39 is 37.4 Å². The zero-order chi connectivity index (χ0) is 21.4. The van der Waals surface area contributed by atoms with Gasteiger partial charge in [0.05, 0.1) is 16.7 Å². The van der Waals surface area contributed by atoms with E-state index in [2.05, 4.69) is 5.10 Å². The molecule has 3 rings (SSSR count). The molecule has 29 heavy (non-hydrogen) atoms. The predicted octanol–water partition coefficient (Wildman–Crippen LogP) is 0.343. The molecule has 1 aliphatic rings. The van der Waals surface area contributed by atoms with Gasteiger partial charge in [0, 0.05) is 39.4 Å². The molecule has 1 aromatic heterocycles. The third-order valence-corrected chi connectivity index (χ3v) is 8.28. The molecule has 2 heterocycles. The third-order valence-electron chi connectivity index (χ3n) is 4.54. The highest BCUT2D eigenvalue weighted by Crippen LogP contribution is 2.23. The number of rotatable bonds is 5. The molecule has 0 atom stereocenters. The standard InChI is InChI=1S/C16H19FN4O6S2/c1-19-11-13(10-18-19)29(26,27)21-6-2-5-20(7-8-21)28(24,25)12-3-4-15(17)14(9-12)16(22)23/h3-4,9-11H,2,5-8H2,1H3,(H,22,23). The molecule has 0 bridgehead atoms. The number of hydrogen-bond donors (Lipinski definition) is 1. The van der Waals surface area contributed by atoms with E-state index in [9.17, 15) is 26.0 Å². The van der Waals surface area contributed by atoms with E-state index in [1.54, 1.807) is 7.05 Å². The molecule has 158 valence electrons. The first-order chi connectivity index (χ1) is 13.5. The minimum atomic E-state index is -4.12. The van der Waals surface area contributed by atoms with Crippen molar-refractivity contribution in [3.05, 3.63) is 42.0 Å². The summed E-state index contributed by atoms with van der Waals surface area (Å²) in [6, 6.07) is 2.54. The molecule has 1 N–H and O–H groups in total. The normalized spacial score (nSPS) is 17.2. The van der Waals surface area contributed by atoms with Crippen LogP contribution in [0.5, 0.6) is 0 Å². The average Bonchev–Trinajstić information content (AvgIpc) is 2.93. The maximum Gasteiger partial charge on any atom is 0.338 e. The van der Waals surface area contributed by atoms with Crippen molar-refractivity contribution in [3.8, 4) is 0 Å². The van der Waals surface area contributed by atoms with Gasteiger partial charge in [-0.05, 0) is 24.6 Å². The Morgan fingerprint density at radius 1 is 1.03 bits per heavy atom. The minimum Gasteiger partial charge on any atom is -0.478 e. The molecule has 1 saturated heterocycles. The molecule has 0 unspecified atom stereocenters. The van der Waals surface area contributed by atoms with Gasteiger partial charge < -0.3 is 5.11 Å². The van der Waals surface area contributed by atoms with E-state index >= 15 is 0 Å². The van der Waals surface area contributed by atoms with Crippen LogP contribution in [0.3, 0.4) is 0 Å². The van der Waals surface area contributed by atoms with Crippen molar-refractivity contribution in [1.29, 1.82) is 0 Å². The Morgan fingerprint density at radius 2 is 1.62 bits per heavy atom. The Morgan fingerprint density at radius 3 is 2.14 bits per heavy atom. The number of carbonyl (C=O) groups is 1. The first-order valence-corrected chi connectivity index (χ1v) is 11.4. The van der Waals surface area contributed by atoms with Crippen LogP contribution < -0.4 is 0 Å². The van der Waals surface area contributed by atoms with Gasteiger partial charge in [0.15, 0.2) is 0 Å². The summed E-state index contributed by atoms with van der Waals surface area (Å²) in [5.74, 6) is -2.62. The maximum atomic E-state index is 13.6. The van der Waals surface area contributed by atoms with Gasteiger partial charge >= 0.3 is 5.97 Å². The molecular weight excluding hydrogens is 427 g/mol. The fourth-order valence-corrected chi connectivity index (χ4v) is 5.96. The number of aryl methyl sites for hydroxylation is 1. The van der Waals surface area contributed by atoms with Gasteiger partial charge in [-0.2, -0.15) is 13.7 Å². The van der Waals surface area contributed by atoms with Crippen LogP contribution in [0.15, 0.2) is 40.4 Å². The Balaban J connectivity index is 1.83. The minimum absolute atomic E-state index is 0.0148. The number of benzene rings is 1. The Labute approximate surface area is 167 Å². The second-order valence-corrected chi connectivity index (χ2v) is 10.3. The molecule has 0 aliphatic carbocycles. The first-order valence-electron chi connectivity index (χ1n) is 8.55. The molecule has 0 amide bonds. The van der Waals surface area contributed by atoms with Crippen LogP contribution in [0.4, 0.5) is 4.39 Å². The molecule has 13 heteroatoms. The molecule has 0 radical (unpaired) electrons. The smallest absolute Gasteiger partial charge is 0.338 e. The lowest BCUT2D eigenvalue weighted by Gasteiger charge is -2.21. The summed E-state index contributed by atoms with van der Waals surface area (Å²) < 4.78 is 68.4. The van der Waals surface area contributed by atoms with Crippen molar-refractivity contribution in [2.24, 2.45) is 7.05 Å². The summed E-state index contributed by atoms with van der Waals surface area (Å²) in [5.41, 5.74) is -0.748. The Kier molecular flexibility index (Phi) is 5.76. The quantitative estimate of drug-likeness (QED) is 0.701. The molecule has 10 nitrogen and oxygen atoms in total. The fraction of sp³-hybridized carbons (Fsp3) is 0.375. The van der Waals surface area contributed by atoms with E-state index in [1.165, 1.54) is 21.4 Å². The van der Waals surface area contributed by atoms with Crippen LogP contribution in [0, 0.1) is 5.82 Å². The van der Waals surface area contributed by atoms with Gasteiger partial charge in [-0.15, -0.1) is 0 Å². The van der Waals surface area contributed by atoms with Crippen molar-refractivity contribution in [2.75, 3.05) is 26.2 Å². The van der Waals surface area contributed by atoms with Crippen molar-refractivity contribution in [2.45, 2.75) is 16.2 Å². The average molecular weight is 446 g/mol. The number of carboxylic acids is 1. The summed E-state index contributed by atoms with van der Waals surface area (Å²) in [4.78, 5) is 10.7. The van der Waals surface area contributed by atoms with Crippen molar-refractivity contribution in [3.63, 3.8) is 0 Å². The topological polar surface area (TPSA) is 130 Å². The van der Waals surface area contributed by atoms with E-state index in [0.29, 0.717) is 0 Å². The van der Waals surface area contributed by atoms with Crippen LogP contribution in [-0.2, 0) is 27.1 Å². The van der Waals surface area contributed by atoms with Crippen molar-refractivity contribution in [1.82, 2.24) is 18.4 Å². The van der Waals surface area contributed by atoms with E-state index in [0.717, 1.165) is 22.5 Å². The molecular formula is C16H19FN4O6S2. The molecule has 2 aromatic rings. The van der Waals surface area contributed by atoms with Gasteiger partial charge in [-0.1, -0.05) is 0 Å². The number of aromatic carboxylic acids is 1. The predicted molar refractivity (Wildman–Crippen MR) is 98.7 cm³/mol. The molecule has 1 fully saturated rings. The van der Waals surface area contributed by atoms with Crippen LogP contribution in [0.25, 0.3) is 0 Å². The van der Waals surface area contributed by atoms with E-state index in [-0.39, 0.29) is 42.4 Å². The van der Waals surface area contributed by atoms with Gasteiger partial charge in [0.25, 0.3) is 0 Å². The largest absolute Gasteiger partial charge is 0.478 e. The number of carboxylic acid groups (broad SMARTS) is 1. The lowest BCUT2D eigenvalue weighted by Crippen LogP contribution is -2.37. The monoisotopic (exact) mass is 446 g/mol. The summed E-state index contributed by atoms with van der Waals surface area (Å²) in [5, 5.41) is 12.9. The first kappa shape index (κ1) is 21.4. The second-order valence-electron chi connectivity index (χ2n) is 6.46. The van der Waals surface area contributed by atoms with E-state index in [1.807, 2.05) is 0 Å². The maximum absolute atomic E-state index is 13.6. The van der Waals surface area contributed by atoms with E-state index in [4.69, 9.17) is 5.11 Å². The molecule has 0 saturated carbocycles. The molecule has 1 aliphatic heterocycles. The Hall–Kier alpha value is -2.35. The lowest BCUT2D eigenvalue weighted by atomic mass is 10.2.